The molecule has 0 amide bonds. The fraction of sp³-hybridized carbons (Fsp3) is 0.750. The predicted octanol–water partition coefficient (Wildman–Crippen LogP) is -1.59. The van der Waals surface area contributed by atoms with Crippen LogP contribution < -0.4 is 0 Å². The molecular formula is C8H18NNa2O4+. The molecule has 0 unspecified atom stereocenters. The summed E-state index contributed by atoms with van der Waals surface area (Å²) in [4.78, 5) is 20.8. The molecule has 0 atom stereocenters. The number of likely N-dealkylation sites (N-methyl/N-ethyl adjacent to an activating group) is 1. The van der Waals surface area contributed by atoms with E-state index in [1.807, 2.05) is 21.1 Å². The quantitative estimate of drug-likeness (QED) is 0.271. The number of carbonyl (C=O) groups is 2. The van der Waals surface area contributed by atoms with Crippen LogP contribution in [0.15, 0.2) is 0 Å². The van der Waals surface area contributed by atoms with Gasteiger partial charge >= 0.3 is 71.1 Å². The molecule has 0 spiro atoms. The molecule has 0 aliphatic carbocycles. The molecule has 5 nitrogen and oxygen atoms in total. The summed E-state index contributed by atoms with van der Waals surface area (Å²) in [6.07, 6.45) is -0.558. The van der Waals surface area contributed by atoms with Crippen molar-refractivity contribution in [3.8, 4) is 0 Å². The Kier molecular flexibility index (Phi) is 14.3. The number of esters is 1. The van der Waals surface area contributed by atoms with Gasteiger partial charge in [-0.1, -0.05) is 0 Å². The van der Waals surface area contributed by atoms with Crippen LogP contribution in [0.5, 0.6) is 0 Å². The van der Waals surface area contributed by atoms with Crippen LogP contribution in [0.2, 0.25) is 0 Å². The van der Waals surface area contributed by atoms with Gasteiger partial charge in [-0.15, -0.1) is 0 Å². The molecule has 0 rings (SSSR count). The van der Waals surface area contributed by atoms with Gasteiger partial charge in [0.1, 0.15) is 19.6 Å². The summed E-state index contributed by atoms with van der Waals surface area (Å²) in [5, 5.41) is 8.24. The summed E-state index contributed by atoms with van der Waals surface area (Å²) in [5.74, 6) is -1.84. The number of aliphatic carboxylic acids is 1. The minimum atomic E-state index is -1.16. The number of hydrogen-bond donors (Lipinski definition) is 1. The molecule has 0 heterocycles. The molecule has 0 bridgehead atoms. The van der Waals surface area contributed by atoms with E-state index in [2.05, 4.69) is 0 Å². The summed E-state index contributed by atoms with van der Waals surface area (Å²) in [6.45, 7) is 0.932. The Hall–Kier alpha value is 0.900. The zero-order chi connectivity index (χ0) is 10.5. The third-order valence-electron chi connectivity index (χ3n) is 1.32. The fourth-order valence-electron chi connectivity index (χ4n) is 0.608. The Morgan fingerprint density at radius 2 is 1.67 bits per heavy atom. The first-order chi connectivity index (χ1) is 5.81. The summed E-state index contributed by atoms with van der Waals surface area (Å²) < 4.78 is 5.37. The SMILES string of the molecule is C[N+](C)(C)CCOC(=O)CC(=O)O.[NaH].[NaH]. The van der Waals surface area contributed by atoms with Crippen LogP contribution >= 0.6 is 0 Å². The van der Waals surface area contributed by atoms with E-state index in [0.717, 1.165) is 0 Å². The van der Waals surface area contributed by atoms with Gasteiger partial charge in [0.15, 0.2) is 0 Å². The molecule has 0 radical (unpaired) electrons. The first-order valence-corrected chi connectivity index (χ1v) is 3.99. The second-order valence-electron chi connectivity index (χ2n) is 3.80. The van der Waals surface area contributed by atoms with Crippen LogP contribution in [0.4, 0.5) is 0 Å². The molecule has 0 aliphatic rings. The Balaban J connectivity index is -0.000000720. The molecule has 0 aromatic carbocycles. The number of carboxylic acid groups (broad SMARTS) is 1. The predicted molar refractivity (Wildman–Crippen MR) is 60.4 cm³/mol. The third-order valence-corrected chi connectivity index (χ3v) is 1.32. The van der Waals surface area contributed by atoms with E-state index in [0.29, 0.717) is 11.0 Å². The fourth-order valence-corrected chi connectivity index (χ4v) is 0.608. The van der Waals surface area contributed by atoms with Crippen molar-refractivity contribution >= 4 is 71.1 Å². The number of ether oxygens (including phenoxy) is 1. The van der Waals surface area contributed by atoms with Crippen molar-refractivity contribution in [2.24, 2.45) is 0 Å². The van der Waals surface area contributed by atoms with Crippen LogP contribution in [-0.2, 0) is 14.3 Å². The number of nitrogens with zero attached hydrogens (tertiary/aromatic N) is 1. The number of carbonyl (C=O) groups excluding carboxylic acids is 1. The van der Waals surface area contributed by atoms with Crippen molar-refractivity contribution in [1.82, 2.24) is 0 Å². The van der Waals surface area contributed by atoms with Gasteiger partial charge in [0.25, 0.3) is 0 Å². The second-order valence-corrected chi connectivity index (χ2v) is 3.80. The summed E-state index contributed by atoms with van der Waals surface area (Å²) in [5.41, 5.74) is 0. The molecule has 0 saturated heterocycles. The zero-order valence-corrected chi connectivity index (χ0v) is 8.24. The minimum absolute atomic E-state index is 0. The van der Waals surface area contributed by atoms with Crippen molar-refractivity contribution in [3.05, 3.63) is 0 Å². The molecule has 7 heteroatoms. The van der Waals surface area contributed by atoms with Gasteiger partial charge < -0.3 is 14.3 Å². The average molecular weight is 238 g/mol. The molecular weight excluding hydrogens is 220 g/mol. The number of hydrogen-bond acceptors (Lipinski definition) is 3. The maximum atomic E-state index is 10.7. The van der Waals surface area contributed by atoms with E-state index < -0.39 is 18.4 Å². The maximum absolute atomic E-state index is 10.7. The van der Waals surface area contributed by atoms with Crippen molar-refractivity contribution in [1.29, 1.82) is 0 Å². The normalized spacial score (nSPS) is 9.53. The Bertz CT molecular complexity index is 203. The van der Waals surface area contributed by atoms with Gasteiger partial charge in [-0.2, -0.15) is 0 Å². The molecule has 0 fully saturated rings. The van der Waals surface area contributed by atoms with Gasteiger partial charge in [-0.25, -0.2) is 0 Å². The van der Waals surface area contributed by atoms with Gasteiger partial charge in [0.2, 0.25) is 0 Å². The van der Waals surface area contributed by atoms with E-state index in [1.54, 1.807) is 0 Å². The van der Waals surface area contributed by atoms with Gasteiger partial charge in [-0.05, 0) is 0 Å². The Labute approximate surface area is 134 Å². The molecule has 15 heavy (non-hydrogen) atoms. The zero-order valence-electron chi connectivity index (χ0n) is 8.24. The van der Waals surface area contributed by atoms with Crippen molar-refractivity contribution in [3.63, 3.8) is 0 Å². The number of rotatable bonds is 5. The molecule has 0 aliphatic heterocycles. The van der Waals surface area contributed by atoms with E-state index in [1.165, 1.54) is 0 Å². The van der Waals surface area contributed by atoms with Crippen molar-refractivity contribution in [2.75, 3.05) is 34.3 Å². The first kappa shape index (κ1) is 21.2. The molecule has 80 valence electrons. The third kappa shape index (κ3) is 17.5. The van der Waals surface area contributed by atoms with Gasteiger partial charge in [0, 0.05) is 0 Å². The summed E-state index contributed by atoms with van der Waals surface area (Å²) in [7, 11) is 5.89. The first-order valence-electron chi connectivity index (χ1n) is 3.99. The molecule has 0 aromatic rings. The number of carboxylic acids is 1. The van der Waals surface area contributed by atoms with E-state index >= 15 is 0 Å². The standard InChI is InChI=1S/C8H15NO4.2Na.2H/c1-9(2,3)4-5-13-8(12)6-7(10)11;;;;/h4-6H2,1-3H3;;;;/p+1. The topological polar surface area (TPSA) is 63.6 Å². The van der Waals surface area contributed by atoms with E-state index in [-0.39, 0.29) is 65.7 Å². The van der Waals surface area contributed by atoms with Crippen molar-refractivity contribution in [2.45, 2.75) is 6.42 Å². The van der Waals surface area contributed by atoms with Crippen LogP contribution in [0.3, 0.4) is 0 Å². The Morgan fingerprint density at radius 1 is 1.20 bits per heavy atom. The Morgan fingerprint density at radius 3 is 2.00 bits per heavy atom. The molecule has 0 saturated carbocycles. The summed E-state index contributed by atoms with van der Waals surface area (Å²) in [6, 6.07) is 0. The monoisotopic (exact) mass is 238 g/mol. The van der Waals surface area contributed by atoms with Crippen LogP contribution in [0.1, 0.15) is 6.42 Å². The van der Waals surface area contributed by atoms with Crippen LogP contribution in [0, 0.1) is 0 Å². The van der Waals surface area contributed by atoms with E-state index in [9.17, 15) is 9.59 Å². The summed E-state index contributed by atoms with van der Waals surface area (Å²) >= 11 is 0. The van der Waals surface area contributed by atoms with Crippen LogP contribution in [-0.4, -0.2) is 115 Å². The molecule has 1 N–H and O–H groups in total. The van der Waals surface area contributed by atoms with Gasteiger partial charge in [-0.3, -0.25) is 9.59 Å². The van der Waals surface area contributed by atoms with Gasteiger partial charge in [0.05, 0.1) is 21.1 Å². The average Bonchev–Trinajstić information content (AvgIpc) is 1.81. The van der Waals surface area contributed by atoms with Crippen LogP contribution in [0.25, 0.3) is 0 Å². The number of quaternary nitrogens is 1. The van der Waals surface area contributed by atoms with E-state index in [4.69, 9.17) is 9.84 Å². The van der Waals surface area contributed by atoms with Crippen molar-refractivity contribution < 1.29 is 23.9 Å². The second kappa shape index (κ2) is 10.1. The molecule has 0 aromatic heterocycles.